The van der Waals surface area contributed by atoms with E-state index in [0.717, 1.165) is 10.5 Å². The zero-order valence-corrected chi connectivity index (χ0v) is 14.9. The van der Waals surface area contributed by atoms with E-state index in [1.165, 1.54) is 0 Å². The molecule has 0 aliphatic carbocycles. The van der Waals surface area contributed by atoms with E-state index >= 15 is 0 Å². The average molecular weight is 367 g/mol. The first-order valence-corrected chi connectivity index (χ1v) is 8.64. The van der Waals surface area contributed by atoms with E-state index in [-0.39, 0.29) is 31.4 Å². The van der Waals surface area contributed by atoms with Crippen LogP contribution >= 0.6 is 0 Å². The SMILES string of the molecule is Cc1ccc([C@@H](O)CNC(=O)c2ccccc2CN2C(=O)CNC2=O)cc1. The van der Waals surface area contributed by atoms with Crippen molar-refractivity contribution in [3.63, 3.8) is 0 Å². The topological polar surface area (TPSA) is 98.7 Å². The van der Waals surface area contributed by atoms with E-state index in [2.05, 4.69) is 10.6 Å². The summed E-state index contributed by atoms with van der Waals surface area (Å²) in [6.07, 6.45) is -0.826. The first-order valence-electron chi connectivity index (χ1n) is 8.64. The van der Waals surface area contributed by atoms with Gasteiger partial charge in [-0.05, 0) is 24.1 Å². The third-order valence-electron chi connectivity index (χ3n) is 4.45. The van der Waals surface area contributed by atoms with Gasteiger partial charge >= 0.3 is 6.03 Å². The highest BCUT2D eigenvalue weighted by molar-refractivity contribution is 6.02. The summed E-state index contributed by atoms with van der Waals surface area (Å²) in [6.45, 7) is 2.00. The minimum atomic E-state index is -0.826. The molecule has 1 saturated heterocycles. The van der Waals surface area contributed by atoms with Crippen LogP contribution in [0, 0.1) is 6.92 Å². The highest BCUT2D eigenvalue weighted by Gasteiger charge is 2.29. The van der Waals surface area contributed by atoms with Crippen molar-refractivity contribution in [1.82, 2.24) is 15.5 Å². The summed E-state index contributed by atoms with van der Waals surface area (Å²) in [5.41, 5.74) is 2.73. The van der Waals surface area contributed by atoms with Crippen LogP contribution in [0.4, 0.5) is 4.79 Å². The van der Waals surface area contributed by atoms with Gasteiger partial charge in [0.2, 0.25) is 5.91 Å². The summed E-state index contributed by atoms with van der Waals surface area (Å²) in [5.74, 6) is -0.700. The van der Waals surface area contributed by atoms with Gasteiger partial charge in [0.1, 0.15) is 0 Å². The fourth-order valence-corrected chi connectivity index (χ4v) is 2.86. The van der Waals surface area contributed by atoms with Gasteiger partial charge < -0.3 is 15.7 Å². The third kappa shape index (κ3) is 4.32. The first kappa shape index (κ1) is 18.6. The minimum absolute atomic E-state index is 0.0226. The average Bonchev–Trinajstić information content (AvgIpc) is 2.99. The van der Waals surface area contributed by atoms with Gasteiger partial charge in [0.15, 0.2) is 0 Å². The van der Waals surface area contributed by atoms with E-state index in [9.17, 15) is 19.5 Å². The quantitative estimate of drug-likeness (QED) is 0.674. The second-order valence-corrected chi connectivity index (χ2v) is 6.43. The van der Waals surface area contributed by atoms with E-state index in [4.69, 9.17) is 0 Å². The Hall–Kier alpha value is -3.19. The lowest BCUT2D eigenvalue weighted by atomic mass is 10.1. The molecule has 7 nitrogen and oxygen atoms in total. The summed E-state index contributed by atoms with van der Waals surface area (Å²) < 4.78 is 0. The molecule has 1 aliphatic rings. The number of aliphatic hydroxyl groups excluding tert-OH is 1. The van der Waals surface area contributed by atoms with Crippen LogP contribution in [0.5, 0.6) is 0 Å². The Morgan fingerprint density at radius 1 is 1.19 bits per heavy atom. The van der Waals surface area contributed by atoms with Gasteiger partial charge in [-0.3, -0.25) is 14.5 Å². The second-order valence-electron chi connectivity index (χ2n) is 6.43. The Bertz CT molecular complexity index is 848. The van der Waals surface area contributed by atoms with Crippen LogP contribution in [0.2, 0.25) is 0 Å². The lowest BCUT2D eigenvalue weighted by molar-refractivity contribution is -0.125. The van der Waals surface area contributed by atoms with E-state index < -0.39 is 12.1 Å². The van der Waals surface area contributed by atoms with Crippen LogP contribution < -0.4 is 10.6 Å². The summed E-state index contributed by atoms with van der Waals surface area (Å²) in [6, 6.07) is 13.7. The predicted molar refractivity (Wildman–Crippen MR) is 98.9 cm³/mol. The fraction of sp³-hybridized carbons (Fsp3) is 0.250. The van der Waals surface area contributed by atoms with Gasteiger partial charge in [-0.2, -0.15) is 0 Å². The van der Waals surface area contributed by atoms with Crippen LogP contribution in [0.25, 0.3) is 0 Å². The number of carbonyl (C=O) groups excluding carboxylic acids is 3. The maximum absolute atomic E-state index is 12.6. The second kappa shape index (κ2) is 8.01. The normalized spacial score (nSPS) is 14.8. The number of hydrogen-bond acceptors (Lipinski definition) is 4. The van der Waals surface area contributed by atoms with Crippen molar-refractivity contribution < 1.29 is 19.5 Å². The highest BCUT2D eigenvalue weighted by Crippen LogP contribution is 2.16. The van der Waals surface area contributed by atoms with Crippen molar-refractivity contribution in [2.75, 3.05) is 13.1 Å². The van der Waals surface area contributed by atoms with E-state index in [1.807, 2.05) is 31.2 Å². The molecule has 4 amide bonds. The molecule has 0 saturated carbocycles. The molecule has 0 radical (unpaired) electrons. The number of hydrogen-bond donors (Lipinski definition) is 3. The van der Waals surface area contributed by atoms with Crippen LogP contribution in [-0.2, 0) is 11.3 Å². The van der Waals surface area contributed by atoms with Gasteiger partial charge in [0.05, 0.1) is 19.2 Å². The monoisotopic (exact) mass is 367 g/mol. The van der Waals surface area contributed by atoms with Crippen molar-refractivity contribution in [2.24, 2.45) is 0 Å². The number of amides is 4. The summed E-state index contributed by atoms with van der Waals surface area (Å²) in [4.78, 5) is 37.1. The number of urea groups is 1. The number of rotatable bonds is 6. The Morgan fingerprint density at radius 2 is 1.89 bits per heavy atom. The van der Waals surface area contributed by atoms with Crippen LogP contribution in [-0.4, -0.2) is 40.9 Å². The van der Waals surface area contributed by atoms with E-state index in [0.29, 0.717) is 16.7 Å². The Labute approximate surface area is 157 Å². The number of nitrogens with one attached hydrogen (secondary N) is 2. The number of carbonyl (C=O) groups is 3. The lowest BCUT2D eigenvalue weighted by Crippen LogP contribution is -2.33. The smallest absolute Gasteiger partial charge is 0.324 e. The van der Waals surface area contributed by atoms with Crippen LogP contribution in [0.3, 0.4) is 0 Å². The van der Waals surface area contributed by atoms with Crippen molar-refractivity contribution in [2.45, 2.75) is 19.6 Å². The Morgan fingerprint density at radius 3 is 2.56 bits per heavy atom. The van der Waals surface area contributed by atoms with Crippen molar-refractivity contribution in [1.29, 1.82) is 0 Å². The molecule has 1 heterocycles. The third-order valence-corrected chi connectivity index (χ3v) is 4.45. The Balaban J connectivity index is 1.67. The standard InChI is InChI=1S/C20H21N3O4/c1-13-6-8-14(9-7-13)17(24)10-21-19(26)16-5-3-2-4-15(16)12-23-18(25)11-22-20(23)27/h2-9,17,24H,10-12H2,1H3,(H,21,26)(H,22,27)/t17-/m0/s1. The molecule has 3 rings (SSSR count). The van der Waals surface area contributed by atoms with Gasteiger partial charge in [-0.25, -0.2) is 4.79 Å². The maximum Gasteiger partial charge on any atom is 0.324 e. The Kier molecular flexibility index (Phi) is 5.52. The molecular formula is C20H21N3O4. The highest BCUT2D eigenvalue weighted by atomic mass is 16.3. The number of aryl methyl sites for hydroxylation is 1. The molecule has 1 atom stereocenters. The molecule has 1 fully saturated rings. The summed E-state index contributed by atoms with van der Waals surface area (Å²) >= 11 is 0. The van der Waals surface area contributed by atoms with Crippen molar-refractivity contribution in [3.05, 3.63) is 70.8 Å². The molecule has 2 aromatic carbocycles. The number of benzene rings is 2. The lowest BCUT2D eigenvalue weighted by Gasteiger charge is -2.17. The molecule has 140 valence electrons. The zero-order valence-electron chi connectivity index (χ0n) is 14.9. The molecule has 0 aromatic heterocycles. The molecule has 2 aromatic rings. The number of aliphatic hydroxyl groups is 1. The van der Waals surface area contributed by atoms with Gasteiger partial charge in [-0.1, -0.05) is 48.0 Å². The molecule has 3 N–H and O–H groups in total. The molecule has 0 spiro atoms. The fourth-order valence-electron chi connectivity index (χ4n) is 2.86. The van der Waals surface area contributed by atoms with Gasteiger partial charge in [0.25, 0.3) is 5.91 Å². The van der Waals surface area contributed by atoms with Gasteiger partial charge in [0, 0.05) is 12.1 Å². The zero-order chi connectivity index (χ0) is 19.4. The number of nitrogens with zero attached hydrogens (tertiary/aromatic N) is 1. The summed E-state index contributed by atoms with van der Waals surface area (Å²) in [5, 5.41) is 15.4. The van der Waals surface area contributed by atoms with Gasteiger partial charge in [-0.15, -0.1) is 0 Å². The molecule has 0 unspecified atom stereocenters. The first-order chi connectivity index (χ1) is 13.0. The summed E-state index contributed by atoms with van der Waals surface area (Å²) in [7, 11) is 0. The molecule has 27 heavy (non-hydrogen) atoms. The van der Waals surface area contributed by atoms with Crippen molar-refractivity contribution in [3.8, 4) is 0 Å². The molecular weight excluding hydrogens is 346 g/mol. The minimum Gasteiger partial charge on any atom is -0.387 e. The molecule has 7 heteroatoms. The molecule has 0 bridgehead atoms. The van der Waals surface area contributed by atoms with Crippen LogP contribution in [0.1, 0.15) is 33.2 Å². The van der Waals surface area contributed by atoms with Crippen molar-refractivity contribution >= 4 is 17.8 Å². The van der Waals surface area contributed by atoms with E-state index in [1.54, 1.807) is 24.3 Å². The largest absolute Gasteiger partial charge is 0.387 e. The maximum atomic E-state index is 12.6. The van der Waals surface area contributed by atoms with Crippen LogP contribution in [0.15, 0.2) is 48.5 Å². The molecule has 1 aliphatic heterocycles. The predicted octanol–water partition coefficient (Wildman–Crippen LogP) is 1.51. The number of imide groups is 1.